The lowest BCUT2D eigenvalue weighted by Gasteiger charge is -2.08. The molecule has 0 bridgehead atoms. The quantitative estimate of drug-likeness (QED) is 0.472. The van der Waals surface area contributed by atoms with Gasteiger partial charge in [0, 0.05) is 24.4 Å². The van der Waals surface area contributed by atoms with Gasteiger partial charge in [-0.2, -0.15) is 0 Å². The van der Waals surface area contributed by atoms with Crippen LogP contribution >= 0.6 is 0 Å². The van der Waals surface area contributed by atoms with E-state index in [4.69, 9.17) is 9.26 Å². The Balaban J connectivity index is 1.46. The molecule has 0 aliphatic heterocycles. The standard InChI is InChI=1S/C23H17F2N3O3/c1-14-21(22(28-31-14)16-2-4-17(24)5-3-16)23(29)27-13-15-10-11-26-20(12-15)30-19-8-6-18(25)7-9-19/h2-12H,13H2,1H3,(H,27,29). The van der Waals surface area contributed by atoms with Crippen molar-refractivity contribution in [3.63, 3.8) is 0 Å². The van der Waals surface area contributed by atoms with E-state index in [0.29, 0.717) is 28.6 Å². The summed E-state index contributed by atoms with van der Waals surface area (Å²) >= 11 is 0. The van der Waals surface area contributed by atoms with Gasteiger partial charge < -0.3 is 14.6 Å². The van der Waals surface area contributed by atoms with Crippen molar-refractivity contribution in [1.82, 2.24) is 15.5 Å². The summed E-state index contributed by atoms with van der Waals surface area (Å²) in [5, 5.41) is 6.76. The van der Waals surface area contributed by atoms with Crippen LogP contribution in [0.25, 0.3) is 11.3 Å². The number of benzene rings is 2. The maximum absolute atomic E-state index is 13.2. The van der Waals surface area contributed by atoms with E-state index in [-0.39, 0.29) is 29.6 Å². The first-order valence-corrected chi connectivity index (χ1v) is 9.38. The molecule has 156 valence electrons. The summed E-state index contributed by atoms with van der Waals surface area (Å²) in [6.45, 7) is 1.84. The van der Waals surface area contributed by atoms with Gasteiger partial charge in [-0.25, -0.2) is 13.8 Å². The zero-order valence-corrected chi connectivity index (χ0v) is 16.4. The number of nitrogens with one attached hydrogen (secondary N) is 1. The zero-order chi connectivity index (χ0) is 21.8. The first kappa shape index (κ1) is 20.2. The van der Waals surface area contributed by atoms with Crippen LogP contribution in [-0.2, 0) is 6.54 Å². The molecule has 0 atom stereocenters. The van der Waals surface area contributed by atoms with E-state index >= 15 is 0 Å². The van der Waals surface area contributed by atoms with Crippen LogP contribution in [0, 0.1) is 18.6 Å². The highest BCUT2D eigenvalue weighted by Crippen LogP contribution is 2.26. The summed E-state index contributed by atoms with van der Waals surface area (Å²) in [5.41, 5.74) is 1.94. The Morgan fingerprint density at radius 1 is 1.03 bits per heavy atom. The highest BCUT2D eigenvalue weighted by molar-refractivity contribution is 6.00. The summed E-state index contributed by atoms with van der Waals surface area (Å²) < 4.78 is 37.0. The Morgan fingerprint density at radius 3 is 2.42 bits per heavy atom. The molecule has 4 rings (SSSR count). The summed E-state index contributed by atoms with van der Waals surface area (Å²) in [5.74, 6) is -0.0134. The number of carbonyl (C=O) groups is 1. The van der Waals surface area contributed by atoms with Crippen molar-refractivity contribution in [2.45, 2.75) is 13.5 Å². The Labute approximate surface area is 176 Å². The fraction of sp³-hybridized carbons (Fsp3) is 0.0870. The van der Waals surface area contributed by atoms with Crippen molar-refractivity contribution in [3.8, 4) is 22.9 Å². The monoisotopic (exact) mass is 421 g/mol. The SMILES string of the molecule is Cc1onc(-c2ccc(F)cc2)c1C(=O)NCc1ccnc(Oc2ccc(F)cc2)c1. The van der Waals surface area contributed by atoms with E-state index in [1.807, 2.05) is 0 Å². The molecule has 0 spiro atoms. The lowest BCUT2D eigenvalue weighted by atomic mass is 10.1. The van der Waals surface area contributed by atoms with Crippen molar-refractivity contribution >= 4 is 5.91 Å². The highest BCUT2D eigenvalue weighted by Gasteiger charge is 2.21. The van der Waals surface area contributed by atoms with E-state index < -0.39 is 0 Å². The normalized spacial score (nSPS) is 10.7. The number of hydrogen-bond donors (Lipinski definition) is 1. The molecule has 31 heavy (non-hydrogen) atoms. The van der Waals surface area contributed by atoms with Crippen LogP contribution in [0.3, 0.4) is 0 Å². The summed E-state index contributed by atoms with van der Waals surface area (Å²) in [6, 6.07) is 14.6. The Bertz CT molecular complexity index is 1210. The van der Waals surface area contributed by atoms with Gasteiger partial charge in [-0.05, 0) is 67.1 Å². The van der Waals surface area contributed by atoms with Gasteiger partial charge in [0.05, 0.1) is 0 Å². The van der Waals surface area contributed by atoms with Gasteiger partial charge in [-0.15, -0.1) is 0 Å². The Hall–Kier alpha value is -4.07. The molecule has 0 aliphatic rings. The number of ether oxygens (including phenoxy) is 1. The lowest BCUT2D eigenvalue weighted by molar-refractivity contribution is 0.0950. The molecule has 0 aliphatic carbocycles. The van der Waals surface area contributed by atoms with Crippen LogP contribution in [0.5, 0.6) is 11.6 Å². The predicted octanol–water partition coefficient (Wildman–Crippen LogP) is 5.05. The highest BCUT2D eigenvalue weighted by atomic mass is 19.1. The number of rotatable bonds is 6. The van der Waals surface area contributed by atoms with Gasteiger partial charge in [-0.1, -0.05) is 5.16 Å². The molecule has 0 saturated carbocycles. The molecule has 1 N–H and O–H groups in total. The molecule has 1 amide bonds. The average molecular weight is 421 g/mol. The molecule has 8 heteroatoms. The van der Waals surface area contributed by atoms with Gasteiger partial charge in [0.1, 0.15) is 34.4 Å². The zero-order valence-electron chi connectivity index (χ0n) is 16.4. The summed E-state index contributed by atoms with van der Waals surface area (Å²) in [6.07, 6.45) is 1.55. The number of nitrogens with zero attached hydrogens (tertiary/aromatic N) is 2. The third-order valence-corrected chi connectivity index (χ3v) is 4.50. The van der Waals surface area contributed by atoms with Crippen LogP contribution < -0.4 is 10.1 Å². The fourth-order valence-electron chi connectivity index (χ4n) is 2.95. The van der Waals surface area contributed by atoms with Crippen molar-refractivity contribution in [1.29, 1.82) is 0 Å². The minimum Gasteiger partial charge on any atom is -0.439 e. The number of pyridine rings is 1. The molecular formula is C23H17F2N3O3. The second kappa shape index (κ2) is 8.74. The van der Waals surface area contributed by atoms with Crippen molar-refractivity contribution in [2.75, 3.05) is 0 Å². The van der Waals surface area contributed by atoms with Gasteiger partial charge in [-0.3, -0.25) is 4.79 Å². The summed E-state index contributed by atoms with van der Waals surface area (Å²) in [4.78, 5) is 16.9. The molecule has 2 aromatic carbocycles. The van der Waals surface area contributed by atoms with Crippen LogP contribution in [0.2, 0.25) is 0 Å². The lowest BCUT2D eigenvalue weighted by Crippen LogP contribution is -2.23. The second-order valence-corrected chi connectivity index (χ2v) is 6.71. The molecule has 0 radical (unpaired) electrons. The largest absolute Gasteiger partial charge is 0.439 e. The number of aryl methyl sites for hydroxylation is 1. The number of hydrogen-bond acceptors (Lipinski definition) is 5. The van der Waals surface area contributed by atoms with E-state index in [1.165, 1.54) is 48.5 Å². The van der Waals surface area contributed by atoms with Gasteiger partial charge in [0.15, 0.2) is 0 Å². The maximum Gasteiger partial charge on any atom is 0.257 e. The number of carbonyl (C=O) groups excluding carboxylic acids is 1. The number of halogens is 2. The van der Waals surface area contributed by atoms with Gasteiger partial charge in [0.25, 0.3) is 5.91 Å². The number of aromatic nitrogens is 2. The van der Waals surface area contributed by atoms with E-state index in [2.05, 4.69) is 15.5 Å². The minimum atomic E-state index is -0.383. The first-order chi connectivity index (χ1) is 15.0. The fourth-order valence-corrected chi connectivity index (χ4v) is 2.95. The molecular weight excluding hydrogens is 404 g/mol. The van der Waals surface area contributed by atoms with E-state index in [1.54, 1.807) is 25.3 Å². The molecule has 6 nitrogen and oxygen atoms in total. The van der Waals surface area contributed by atoms with E-state index in [0.717, 1.165) is 5.56 Å². The minimum absolute atomic E-state index is 0.203. The van der Waals surface area contributed by atoms with Crippen molar-refractivity contribution < 1.29 is 22.8 Å². The topological polar surface area (TPSA) is 77.3 Å². The molecule has 2 aromatic heterocycles. The van der Waals surface area contributed by atoms with E-state index in [9.17, 15) is 13.6 Å². The van der Waals surface area contributed by atoms with Crippen molar-refractivity contribution in [3.05, 3.63) is 95.4 Å². The van der Waals surface area contributed by atoms with Crippen LogP contribution in [0.15, 0.2) is 71.4 Å². The van der Waals surface area contributed by atoms with Crippen molar-refractivity contribution in [2.24, 2.45) is 0 Å². The molecule has 0 saturated heterocycles. The molecule has 0 fully saturated rings. The molecule has 2 heterocycles. The van der Waals surface area contributed by atoms with Crippen LogP contribution in [-0.4, -0.2) is 16.0 Å². The smallest absolute Gasteiger partial charge is 0.257 e. The molecule has 0 unspecified atom stereocenters. The maximum atomic E-state index is 13.2. The Kier molecular flexibility index (Phi) is 5.70. The third-order valence-electron chi connectivity index (χ3n) is 4.50. The van der Waals surface area contributed by atoms with Crippen LogP contribution in [0.1, 0.15) is 21.7 Å². The van der Waals surface area contributed by atoms with Gasteiger partial charge >= 0.3 is 0 Å². The second-order valence-electron chi connectivity index (χ2n) is 6.71. The Morgan fingerprint density at radius 2 is 1.71 bits per heavy atom. The first-order valence-electron chi connectivity index (χ1n) is 9.38. The summed E-state index contributed by atoms with van der Waals surface area (Å²) in [7, 11) is 0. The van der Waals surface area contributed by atoms with Gasteiger partial charge in [0.2, 0.25) is 5.88 Å². The third kappa shape index (κ3) is 4.75. The average Bonchev–Trinajstić information content (AvgIpc) is 3.16. The predicted molar refractivity (Wildman–Crippen MR) is 109 cm³/mol. The number of amides is 1. The van der Waals surface area contributed by atoms with Crippen LogP contribution in [0.4, 0.5) is 8.78 Å². The molecule has 4 aromatic rings.